The van der Waals surface area contributed by atoms with Gasteiger partial charge in [0.15, 0.2) is 11.5 Å². The first kappa shape index (κ1) is 14.2. The van der Waals surface area contributed by atoms with Crippen molar-refractivity contribution in [2.45, 2.75) is 27.2 Å². The number of rotatable bonds is 5. The fraction of sp³-hybridized carbons (Fsp3) is 0.429. The van der Waals surface area contributed by atoms with Crippen LogP contribution in [0.2, 0.25) is 0 Å². The van der Waals surface area contributed by atoms with Crippen LogP contribution in [0.1, 0.15) is 24.7 Å². The molecule has 2 aromatic rings. The Morgan fingerprint density at radius 2 is 1.75 bits per heavy atom. The van der Waals surface area contributed by atoms with Crippen LogP contribution in [0.15, 0.2) is 12.4 Å². The van der Waals surface area contributed by atoms with E-state index in [1.165, 1.54) is 0 Å². The molecule has 0 amide bonds. The van der Waals surface area contributed by atoms with E-state index in [0.717, 1.165) is 24.4 Å². The lowest BCUT2D eigenvalue weighted by atomic mass is 10.2. The third-order valence-electron chi connectivity index (χ3n) is 2.93. The van der Waals surface area contributed by atoms with Crippen LogP contribution in [0.5, 0.6) is 5.88 Å². The normalized spacial score (nSPS) is 10.4. The lowest BCUT2D eigenvalue weighted by Crippen LogP contribution is -2.09. The van der Waals surface area contributed by atoms with E-state index in [4.69, 9.17) is 4.74 Å². The maximum Gasteiger partial charge on any atom is 0.242 e. The summed E-state index contributed by atoms with van der Waals surface area (Å²) in [5.41, 5.74) is 3.04. The highest BCUT2D eigenvalue weighted by atomic mass is 16.5. The smallest absolute Gasteiger partial charge is 0.242 e. The highest BCUT2D eigenvalue weighted by molar-refractivity contribution is 5.72. The molecule has 0 aliphatic heterocycles. The van der Waals surface area contributed by atoms with Gasteiger partial charge in [0.05, 0.1) is 18.5 Å². The van der Waals surface area contributed by atoms with E-state index in [1.807, 2.05) is 13.8 Å². The lowest BCUT2D eigenvalue weighted by molar-refractivity contribution is 0.397. The molecular formula is C14H19N5O. The topological polar surface area (TPSA) is 72.8 Å². The Bertz CT molecular complexity index is 600. The second-order valence-electron chi connectivity index (χ2n) is 4.43. The number of hydrogen-bond acceptors (Lipinski definition) is 6. The van der Waals surface area contributed by atoms with E-state index in [2.05, 4.69) is 32.2 Å². The number of nitrogens with one attached hydrogen (secondary N) is 1. The Balaban J connectivity index is 2.56. The zero-order valence-corrected chi connectivity index (χ0v) is 12.3. The lowest BCUT2D eigenvalue weighted by Gasteiger charge is -2.13. The van der Waals surface area contributed by atoms with Crippen molar-refractivity contribution >= 4 is 5.82 Å². The first-order valence-electron chi connectivity index (χ1n) is 6.61. The Labute approximate surface area is 118 Å². The van der Waals surface area contributed by atoms with Crippen molar-refractivity contribution in [3.8, 4) is 17.3 Å². The van der Waals surface area contributed by atoms with E-state index in [1.54, 1.807) is 19.5 Å². The summed E-state index contributed by atoms with van der Waals surface area (Å²) in [6.07, 6.45) is 4.22. The fourth-order valence-corrected chi connectivity index (χ4v) is 1.77. The van der Waals surface area contributed by atoms with Crippen LogP contribution in [0.4, 0.5) is 5.82 Å². The number of nitrogens with zero attached hydrogens (tertiary/aromatic N) is 4. The van der Waals surface area contributed by atoms with Crippen LogP contribution in [-0.2, 0) is 0 Å². The summed E-state index contributed by atoms with van der Waals surface area (Å²) < 4.78 is 5.26. The average Bonchev–Trinajstić information content (AvgIpc) is 2.48. The average molecular weight is 273 g/mol. The van der Waals surface area contributed by atoms with Gasteiger partial charge in [0.1, 0.15) is 5.69 Å². The molecule has 0 spiro atoms. The number of anilines is 1. The summed E-state index contributed by atoms with van der Waals surface area (Å²) in [6.45, 7) is 6.80. The number of aromatic nitrogens is 4. The van der Waals surface area contributed by atoms with Crippen molar-refractivity contribution in [3.05, 3.63) is 23.8 Å². The van der Waals surface area contributed by atoms with Crippen LogP contribution in [-0.4, -0.2) is 33.6 Å². The summed E-state index contributed by atoms with van der Waals surface area (Å²) in [5.74, 6) is 1.17. The molecule has 0 aliphatic carbocycles. The van der Waals surface area contributed by atoms with Crippen molar-refractivity contribution in [3.63, 3.8) is 0 Å². The Hall–Kier alpha value is -2.24. The molecule has 0 fully saturated rings. The second-order valence-corrected chi connectivity index (χ2v) is 4.43. The molecule has 2 aromatic heterocycles. The van der Waals surface area contributed by atoms with Gasteiger partial charge in [-0.3, -0.25) is 0 Å². The maximum atomic E-state index is 5.26. The molecule has 0 saturated heterocycles. The fourth-order valence-electron chi connectivity index (χ4n) is 1.77. The quantitative estimate of drug-likeness (QED) is 0.901. The second kappa shape index (κ2) is 6.27. The van der Waals surface area contributed by atoms with Gasteiger partial charge in [-0.1, -0.05) is 6.92 Å². The van der Waals surface area contributed by atoms with Gasteiger partial charge in [-0.15, -0.1) is 0 Å². The molecule has 6 heteroatoms. The van der Waals surface area contributed by atoms with Gasteiger partial charge in [-0.05, 0) is 20.3 Å². The third-order valence-corrected chi connectivity index (χ3v) is 2.93. The Morgan fingerprint density at radius 1 is 1.05 bits per heavy atom. The van der Waals surface area contributed by atoms with Gasteiger partial charge in [0.2, 0.25) is 5.88 Å². The van der Waals surface area contributed by atoms with E-state index >= 15 is 0 Å². The van der Waals surface area contributed by atoms with Gasteiger partial charge in [-0.25, -0.2) is 19.9 Å². The van der Waals surface area contributed by atoms with Gasteiger partial charge < -0.3 is 10.1 Å². The molecule has 0 aromatic carbocycles. The molecule has 0 aliphatic rings. The highest BCUT2D eigenvalue weighted by Crippen LogP contribution is 2.29. The van der Waals surface area contributed by atoms with Crippen molar-refractivity contribution in [2.24, 2.45) is 0 Å². The third kappa shape index (κ3) is 2.84. The standard InChI is InChI=1S/C14H19N5O/c1-5-6-16-13-11(18-9(2)10(3)19-13)12-14(20-4)17-8-7-15-12/h7-8H,5-6H2,1-4H3,(H,16,19). The van der Waals surface area contributed by atoms with Crippen molar-refractivity contribution in [1.29, 1.82) is 0 Å². The molecule has 0 atom stereocenters. The van der Waals surface area contributed by atoms with Crippen LogP contribution in [0, 0.1) is 13.8 Å². The summed E-state index contributed by atoms with van der Waals surface area (Å²) >= 11 is 0. The van der Waals surface area contributed by atoms with E-state index < -0.39 is 0 Å². The molecule has 0 saturated carbocycles. The SMILES string of the molecule is CCCNc1nc(C)c(C)nc1-c1nccnc1OC. The molecule has 106 valence electrons. The summed E-state index contributed by atoms with van der Waals surface area (Å²) in [7, 11) is 1.57. The molecule has 1 N–H and O–H groups in total. The van der Waals surface area contributed by atoms with Crippen molar-refractivity contribution < 1.29 is 4.74 Å². The largest absolute Gasteiger partial charge is 0.479 e. The number of hydrogen-bond donors (Lipinski definition) is 1. The highest BCUT2D eigenvalue weighted by Gasteiger charge is 2.17. The zero-order chi connectivity index (χ0) is 14.5. The van der Waals surface area contributed by atoms with Gasteiger partial charge in [0, 0.05) is 18.9 Å². The predicted octanol–water partition coefficient (Wildman–Crippen LogP) is 2.38. The first-order valence-corrected chi connectivity index (χ1v) is 6.61. The minimum Gasteiger partial charge on any atom is -0.479 e. The van der Waals surface area contributed by atoms with Gasteiger partial charge in [0.25, 0.3) is 0 Å². The van der Waals surface area contributed by atoms with E-state index in [0.29, 0.717) is 23.1 Å². The van der Waals surface area contributed by atoms with E-state index in [9.17, 15) is 0 Å². The number of ether oxygens (including phenoxy) is 1. The van der Waals surface area contributed by atoms with Crippen LogP contribution in [0.25, 0.3) is 11.4 Å². The monoisotopic (exact) mass is 273 g/mol. The van der Waals surface area contributed by atoms with E-state index in [-0.39, 0.29) is 0 Å². The molecule has 0 unspecified atom stereocenters. The van der Waals surface area contributed by atoms with Gasteiger partial charge >= 0.3 is 0 Å². The molecule has 0 bridgehead atoms. The number of aryl methyl sites for hydroxylation is 2. The molecule has 2 rings (SSSR count). The van der Waals surface area contributed by atoms with Gasteiger partial charge in [-0.2, -0.15) is 0 Å². The minimum atomic E-state index is 0.449. The zero-order valence-electron chi connectivity index (χ0n) is 12.3. The van der Waals surface area contributed by atoms with Crippen LogP contribution < -0.4 is 10.1 Å². The Morgan fingerprint density at radius 3 is 2.45 bits per heavy atom. The molecule has 6 nitrogen and oxygen atoms in total. The summed E-state index contributed by atoms with van der Waals surface area (Å²) in [5, 5.41) is 3.28. The van der Waals surface area contributed by atoms with Crippen LogP contribution in [0.3, 0.4) is 0 Å². The molecule has 2 heterocycles. The van der Waals surface area contributed by atoms with Crippen LogP contribution >= 0.6 is 0 Å². The Kier molecular flexibility index (Phi) is 4.45. The molecular weight excluding hydrogens is 254 g/mol. The first-order chi connectivity index (χ1) is 9.67. The maximum absolute atomic E-state index is 5.26. The predicted molar refractivity (Wildman–Crippen MR) is 77.9 cm³/mol. The summed E-state index contributed by atoms with van der Waals surface area (Å²) in [4.78, 5) is 17.7. The van der Waals surface area contributed by atoms with Crippen molar-refractivity contribution in [2.75, 3.05) is 19.0 Å². The molecule has 20 heavy (non-hydrogen) atoms. The minimum absolute atomic E-state index is 0.449. The van der Waals surface area contributed by atoms with Crippen molar-refractivity contribution in [1.82, 2.24) is 19.9 Å². The number of methoxy groups -OCH3 is 1. The summed E-state index contributed by atoms with van der Waals surface area (Å²) in [6, 6.07) is 0. The molecule has 0 radical (unpaired) electrons.